The molecule has 0 amide bonds. The number of aryl methyl sites for hydroxylation is 2. The van der Waals surface area contributed by atoms with Crippen LogP contribution in [0, 0.1) is 5.82 Å². The number of nitrogens with zero attached hydrogens (tertiary/aromatic N) is 4. The summed E-state index contributed by atoms with van der Waals surface area (Å²) >= 11 is 0. The number of halogens is 1. The minimum atomic E-state index is -0.398. The summed E-state index contributed by atoms with van der Waals surface area (Å²) in [7, 11) is 2.06. The van der Waals surface area contributed by atoms with Crippen LogP contribution in [0.2, 0.25) is 0 Å². The SMILES string of the molecule is Cn1c2c(c3ccc(-n4ccc(OCc5ccc(F)cn5)cc4=O)nc31)CCCCC2. The minimum Gasteiger partial charge on any atom is -0.487 e. The molecule has 0 aromatic carbocycles. The van der Waals surface area contributed by atoms with E-state index in [1.807, 2.05) is 6.07 Å². The minimum absolute atomic E-state index is 0.156. The Morgan fingerprint density at radius 2 is 1.97 bits per heavy atom. The van der Waals surface area contributed by atoms with Gasteiger partial charge in [0.05, 0.1) is 11.9 Å². The van der Waals surface area contributed by atoms with Crippen molar-refractivity contribution in [2.75, 3.05) is 0 Å². The van der Waals surface area contributed by atoms with Crippen molar-refractivity contribution in [2.24, 2.45) is 7.05 Å². The van der Waals surface area contributed by atoms with Gasteiger partial charge >= 0.3 is 0 Å². The fourth-order valence-electron chi connectivity index (χ4n) is 4.31. The maximum Gasteiger partial charge on any atom is 0.259 e. The largest absolute Gasteiger partial charge is 0.487 e. The van der Waals surface area contributed by atoms with Crippen molar-refractivity contribution < 1.29 is 9.13 Å². The average molecular weight is 418 g/mol. The van der Waals surface area contributed by atoms with E-state index in [9.17, 15) is 9.18 Å². The molecule has 0 bridgehead atoms. The topological polar surface area (TPSA) is 61.9 Å². The molecule has 0 saturated carbocycles. The maximum atomic E-state index is 13.0. The van der Waals surface area contributed by atoms with Gasteiger partial charge in [-0.1, -0.05) is 6.42 Å². The summed E-state index contributed by atoms with van der Waals surface area (Å²) in [5.74, 6) is 0.615. The number of pyridine rings is 3. The summed E-state index contributed by atoms with van der Waals surface area (Å²) in [6, 6.07) is 10.0. The van der Waals surface area contributed by atoms with Gasteiger partial charge in [-0.3, -0.25) is 14.3 Å². The molecule has 7 heteroatoms. The van der Waals surface area contributed by atoms with E-state index in [1.54, 1.807) is 18.3 Å². The molecule has 0 atom stereocenters. The second-order valence-electron chi connectivity index (χ2n) is 7.91. The zero-order valence-corrected chi connectivity index (χ0v) is 17.3. The van der Waals surface area contributed by atoms with Crippen LogP contribution in [-0.2, 0) is 26.5 Å². The van der Waals surface area contributed by atoms with E-state index in [1.165, 1.54) is 52.6 Å². The Labute approximate surface area is 179 Å². The number of fused-ring (bicyclic) bond motifs is 3. The fourth-order valence-corrected chi connectivity index (χ4v) is 4.31. The van der Waals surface area contributed by atoms with Crippen LogP contribution in [0.4, 0.5) is 4.39 Å². The first-order valence-corrected chi connectivity index (χ1v) is 10.5. The average Bonchev–Trinajstić information content (AvgIpc) is 2.93. The van der Waals surface area contributed by atoms with Crippen LogP contribution in [0.25, 0.3) is 16.9 Å². The predicted molar refractivity (Wildman–Crippen MR) is 116 cm³/mol. The van der Waals surface area contributed by atoms with Crippen LogP contribution < -0.4 is 10.3 Å². The van der Waals surface area contributed by atoms with E-state index in [0.717, 1.165) is 24.7 Å². The van der Waals surface area contributed by atoms with Crippen LogP contribution in [0.3, 0.4) is 0 Å². The standard InChI is InChI=1S/C24H23FN4O2/c1-28-21-6-4-2-3-5-19(21)20-9-10-22(27-24(20)28)29-12-11-18(13-23(29)30)31-15-17-8-7-16(25)14-26-17/h7-14H,2-6,15H2,1H3. The molecule has 0 N–H and O–H groups in total. The van der Waals surface area contributed by atoms with Gasteiger partial charge in [0.1, 0.15) is 29.6 Å². The molecule has 1 aliphatic rings. The van der Waals surface area contributed by atoms with Gasteiger partial charge in [-0.15, -0.1) is 0 Å². The lowest BCUT2D eigenvalue weighted by molar-refractivity contribution is 0.300. The molecular formula is C24H23FN4O2. The lowest BCUT2D eigenvalue weighted by Crippen LogP contribution is -2.18. The zero-order valence-electron chi connectivity index (χ0n) is 17.3. The highest BCUT2D eigenvalue weighted by Gasteiger charge is 2.18. The fraction of sp³-hybridized carbons (Fsp3) is 0.292. The zero-order chi connectivity index (χ0) is 21.4. The van der Waals surface area contributed by atoms with Gasteiger partial charge in [0.2, 0.25) is 0 Å². The van der Waals surface area contributed by atoms with Gasteiger partial charge in [-0.2, -0.15) is 0 Å². The maximum absolute atomic E-state index is 13.0. The number of aromatic nitrogens is 4. The third-order valence-electron chi connectivity index (χ3n) is 5.91. The van der Waals surface area contributed by atoms with Gasteiger partial charge in [0.15, 0.2) is 0 Å². The highest BCUT2D eigenvalue weighted by atomic mass is 19.1. The van der Waals surface area contributed by atoms with E-state index in [0.29, 0.717) is 17.3 Å². The molecular weight excluding hydrogens is 395 g/mol. The van der Waals surface area contributed by atoms with Crippen molar-refractivity contribution in [1.82, 2.24) is 19.1 Å². The number of hydrogen-bond donors (Lipinski definition) is 0. The summed E-state index contributed by atoms with van der Waals surface area (Å²) in [4.78, 5) is 21.5. The van der Waals surface area contributed by atoms with Crippen LogP contribution in [-0.4, -0.2) is 19.1 Å². The van der Waals surface area contributed by atoms with Gasteiger partial charge in [0, 0.05) is 30.4 Å². The molecule has 0 radical (unpaired) electrons. The third-order valence-corrected chi connectivity index (χ3v) is 5.91. The van der Waals surface area contributed by atoms with Crippen LogP contribution in [0.15, 0.2) is 53.6 Å². The van der Waals surface area contributed by atoms with E-state index in [-0.39, 0.29) is 12.2 Å². The molecule has 0 aliphatic heterocycles. The van der Waals surface area contributed by atoms with E-state index < -0.39 is 5.82 Å². The van der Waals surface area contributed by atoms with Crippen LogP contribution in [0.1, 0.15) is 36.2 Å². The molecule has 4 aromatic rings. The van der Waals surface area contributed by atoms with E-state index >= 15 is 0 Å². The van der Waals surface area contributed by atoms with Crippen LogP contribution >= 0.6 is 0 Å². The van der Waals surface area contributed by atoms with E-state index in [4.69, 9.17) is 9.72 Å². The molecule has 158 valence electrons. The number of ether oxygens (including phenoxy) is 1. The third kappa shape index (κ3) is 3.71. The van der Waals surface area contributed by atoms with Gasteiger partial charge in [0.25, 0.3) is 5.56 Å². The lowest BCUT2D eigenvalue weighted by Gasteiger charge is -2.09. The monoisotopic (exact) mass is 418 g/mol. The summed E-state index contributed by atoms with van der Waals surface area (Å²) in [6.07, 6.45) is 8.65. The Hall–Kier alpha value is -3.48. The molecule has 4 aromatic heterocycles. The molecule has 6 nitrogen and oxygen atoms in total. The van der Waals surface area contributed by atoms with Crippen molar-refractivity contribution in [3.63, 3.8) is 0 Å². The van der Waals surface area contributed by atoms with Crippen molar-refractivity contribution in [3.8, 4) is 11.6 Å². The first-order chi connectivity index (χ1) is 15.1. The smallest absolute Gasteiger partial charge is 0.259 e. The predicted octanol–water partition coefficient (Wildman–Crippen LogP) is 4.11. The summed E-state index contributed by atoms with van der Waals surface area (Å²) in [5, 5.41) is 1.18. The number of rotatable bonds is 4. The molecule has 0 spiro atoms. The van der Waals surface area contributed by atoms with Gasteiger partial charge in [-0.25, -0.2) is 9.37 Å². The highest BCUT2D eigenvalue weighted by Crippen LogP contribution is 2.30. The molecule has 0 saturated heterocycles. The Morgan fingerprint density at radius 3 is 2.77 bits per heavy atom. The summed E-state index contributed by atoms with van der Waals surface area (Å²) in [6.45, 7) is 0.156. The van der Waals surface area contributed by atoms with E-state index in [2.05, 4.69) is 22.7 Å². The Morgan fingerprint density at radius 1 is 1.10 bits per heavy atom. The summed E-state index contributed by atoms with van der Waals surface area (Å²) in [5.41, 5.74) is 4.04. The highest BCUT2D eigenvalue weighted by molar-refractivity contribution is 5.83. The normalized spacial score (nSPS) is 13.7. The Bertz CT molecular complexity index is 1310. The van der Waals surface area contributed by atoms with Crippen molar-refractivity contribution >= 4 is 11.0 Å². The first-order valence-electron chi connectivity index (χ1n) is 10.5. The molecule has 0 fully saturated rings. The van der Waals surface area contributed by atoms with Crippen molar-refractivity contribution in [2.45, 2.75) is 38.7 Å². The Balaban J connectivity index is 1.42. The van der Waals surface area contributed by atoms with Crippen LogP contribution in [0.5, 0.6) is 5.75 Å². The second-order valence-corrected chi connectivity index (χ2v) is 7.91. The first kappa shape index (κ1) is 19.5. The lowest BCUT2D eigenvalue weighted by atomic mass is 10.1. The molecule has 0 unspecified atom stereocenters. The van der Waals surface area contributed by atoms with Gasteiger partial charge in [-0.05, 0) is 61.6 Å². The molecule has 31 heavy (non-hydrogen) atoms. The van der Waals surface area contributed by atoms with Crippen molar-refractivity contribution in [3.05, 3.63) is 81.9 Å². The summed E-state index contributed by atoms with van der Waals surface area (Å²) < 4.78 is 22.3. The van der Waals surface area contributed by atoms with Gasteiger partial charge < -0.3 is 9.30 Å². The quantitative estimate of drug-likeness (QED) is 0.468. The van der Waals surface area contributed by atoms with Crippen molar-refractivity contribution in [1.29, 1.82) is 0 Å². The number of hydrogen-bond acceptors (Lipinski definition) is 4. The second kappa shape index (κ2) is 7.98. The molecule has 1 aliphatic carbocycles. The molecule has 4 heterocycles. The Kier molecular flexibility index (Phi) is 5.02. The molecule has 5 rings (SSSR count).